The third kappa shape index (κ3) is 6.39. The maximum atomic E-state index is 11.5. The maximum Gasteiger partial charge on any atom is 0.161 e. The number of furan rings is 1. The second kappa shape index (κ2) is 14.3. The summed E-state index contributed by atoms with van der Waals surface area (Å²) in [6.07, 6.45) is 16.9. The molecule has 2 bridgehead atoms. The van der Waals surface area contributed by atoms with Crippen molar-refractivity contribution >= 4 is 0 Å². The fourth-order valence-electron chi connectivity index (χ4n) is 10.3. The molecule has 1 aromatic carbocycles. The molecule has 2 heterocycles. The van der Waals surface area contributed by atoms with Crippen LogP contribution in [-0.2, 0) is 25.9 Å². The number of hydrogen-bond acceptors (Lipinski definition) is 7. The van der Waals surface area contributed by atoms with Crippen LogP contribution in [0.15, 0.2) is 46.9 Å². The predicted octanol–water partition coefficient (Wildman–Crippen LogP) is 7.11. The number of phenolic OH excluding ortho intramolecular Hbond substituents is 1. The van der Waals surface area contributed by atoms with Crippen molar-refractivity contribution in [1.29, 1.82) is 0 Å². The zero-order valence-corrected chi connectivity index (χ0v) is 29.3. The number of nitrogens with one attached hydrogen (secondary N) is 2. The number of aromatic hydroxyl groups is 1. The van der Waals surface area contributed by atoms with Crippen molar-refractivity contribution in [3.05, 3.63) is 82.1 Å². The highest BCUT2D eigenvalue weighted by Crippen LogP contribution is 2.72. The van der Waals surface area contributed by atoms with Crippen LogP contribution in [0.25, 0.3) is 0 Å². The lowest BCUT2D eigenvalue weighted by Gasteiger charge is -2.52. The lowest BCUT2D eigenvalue weighted by atomic mass is 9.52. The van der Waals surface area contributed by atoms with Gasteiger partial charge in [0.25, 0.3) is 0 Å². The van der Waals surface area contributed by atoms with Crippen LogP contribution >= 0.6 is 0 Å². The molecule has 266 valence electrons. The first kappa shape index (κ1) is 34.4. The Morgan fingerprint density at radius 1 is 1.06 bits per heavy atom. The van der Waals surface area contributed by atoms with Gasteiger partial charge in [0.1, 0.15) is 24.2 Å². The number of unbranched alkanes of at least 4 members (excludes halogenated alkanes) is 1. The number of ether oxygens (including phenoxy) is 1. The molecule has 0 amide bonds. The highest BCUT2D eigenvalue weighted by atomic mass is 16.5. The molecule has 8 nitrogen and oxygen atoms in total. The van der Waals surface area contributed by atoms with Gasteiger partial charge in [0.05, 0.1) is 12.7 Å². The van der Waals surface area contributed by atoms with Gasteiger partial charge in [-0.05, 0) is 97.6 Å². The Labute approximate surface area is 291 Å². The van der Waals surface area contributed by atoms with Gasteiger partial charge in [0.15, 0.2) is 11.5 Å². The Balaban J connectivity index is 1.08. The molecule has 0 unspecified atom stereocenters. The molecule has 5 aliphatic carbocycles. The Hall–Kier alpha value is -3.04. The summed E-state index contributed by atoms with van der Waals surface area (Å²) >= 11 is 0. The topological polar surface area (TPSA) is 131 Å². The minimum absolute atomic E-state index is 0.0135. The van der Waals surface area contributed by atoms with Crippen LogP contribution in [0, 0.1) is 16.7 Å². The van der Waals surface area contributed by atoms with Crippen molar-refractivity contribution in [3.8, 4) is 11.5 Å². The van der Waals surface area contributed by atoms with Gasteiger partial charge in [-0.25, -0.2) is 0 Å². The van der Waals surface area contributed by atoms with Gasteiger partial charge in [-0.3, -0.25) is 0 Å². The summed E-state index contributed by atoms with van der Waals surface area (Å²) in [5, 5.41) is 45.6. The number of rotatable bonds is 15. The second-order valence-corrected chi connectivity index (χ2v) is 15.5. The van der Waals surface area contributed by atoms with Gasteiger partial charge in [-0.15, -0.1) is 0 Å². The van der Waals surface area contributed by atoms with Crippen molar-refractivity contribution in [2.24, 2.45) is 16.7 Å². The summed E-state index contributed by atoms with van der Waals surface area (Å²) in [5.74, 6) is 3.35. The summed E-state index contributed by atoms with van der Waals surface area (Å²) in [5.41, 5.74) is 5.54. The Morgan fingerprint density at radius 2 is 1.90 bits per heavy atom. The van der Waals surface area contributed by atoms with Gasteiger partial charge < -0.3 is 39.9 Å². The van der Waals surface area contributed by atoms with Crippen LogP contribution in [0.2, 0.25) is 0 Å². The molecule has 2 saturated carbocycles. The zero-order chi connectivity index (χ0) is 34.2. The predicted molar refractivity (Wildman–Crippen MR) is 190 cm³/mol. The van der Waals surface area contributed by atoms with Crippen LogP contribution in [0.1, 0.15) is 129 Å². The first-order chi connectivity index (χ1) is 23.8. The molecule has 2 fully saturated rings. The quantitative estimate of drug-likeness (QED) is 0.0949. The van der Waals surface area contributed by atoms with Crippen molar-refractivity contribution < 1.29 is 29.6 Å². The minimum Gasteiger partial charge on any atom is -0.504 e. The molecule has 8 heteroatoms. The van der Waals surface area contributed by atoms with E-state index in [0.29, 0.717) is 37.0 Å². The van der Waals surface area contributed by atoms with Gasteiger partial charge >= 0.3 is 0 Å². The Kier molecular flexibility index (Phi) is 10.0. The SMILES string of the molecule is CCCCc1oc(CCc2ccc(O)c(OC[C@H](O)c3cc4c([nH]3)[C@@H]3C=C[C@]5(CCC[C@@H]5C35CCCC5)[C@@H]4CNC[C@H](C)O)c2)cc1CO. The fraction of sp³-hybridized carbons (Fsp3) is 0.610. The highest BCUT2D eigenvalue weighted by Gasteiger charge is 2.63. The molecule has 5 aliphatic rings. The summed E-state index contributed by atoms with van der Waals surface area (Å²) in [6.45, 7) is 5.32. The normalized spacial score (nSPS) is 26.2. The minimum atomic E-state index is -0.887. The maximum absolute atomic E-state index is 11.5. The van der Waals surface area contributed by atoms with Crippen molar-refractivity contribution in [3.63, 3.8) is 0 Å². The number of hydrogen-bond donors (Lipinski definition) is 6. The molecular weight excluding hydrogens is 616 g/mol. The van der Waals surface area contributed by atoms with Gasteiger partial charge in [0.2, 0.25) is 0 Å². The molecule has 0 aliphatic heterocycles. The first-order valence-corrected chi connectivity index (χ1v) is 18.9. The molecule has 2 spiro atoms. The summed E-state index contributed by atoms with van der Waals surface area (Å²) in [7, 11) is 0. The summed E-state index contributed by atoms with van der Waals surface area (Å²) in [6, 6.07) is 9.52. The first-order valence-electron chi connectivity index (χ1n) is 18.9. The number of aromatic amines is 1. The number of aliphatic hydroxyl groups excluding tert-OH is 3. The van der Waals surface area contributed by atoms with E-state index < -0.39 is 12.2 Å². The Bertz CT molecular complexity index is 1620. The lowest BCUT2D eigenvalue weighted by Crippen LogP contribution is -2.46. The van der Waals surface area contributed by atoms with E-state index in [1.165, 1.54) is 56.2 Å². The Morgan fingerprint density at radius 3 is 2.67 bits per heavy atom. The third-order valence-electron chi connectivity index (χ3n) is 12.5. The molecular formula is C41H56N2O6. The zero-order valence-electron chi connectivity index (χ0n) is 29.3. The molecule has 6 atom stereocenters. The van der Waals surface area contributed by atoms with E-state index in [9.17, 15) is 20.4 Å². The molecule has 0 radical (unpaired) electrons. The number of phenols is 1. The smallest absolute Gasteiger partial charge is 0.161 e. The number of aliphatic hydroxyl groups is 3. The van der Waals surface area contributed by atoms with E-state index in [-0.39, 0.29) is 35.7 Å². The number of allylic oxidation sites excluding steroid dienone is 2. The number of H-pyrrole nitrogens is 1. The van der Waals surface area contributed by atoms with Crippen LogP contribution in [-0.4, -0.2) is 51.2 Å². The van der Waals surface area contributed by atoms with E-state index in [1.54, 1.807) is 6.07 Å². The van der Waals surface area contributed by atoms with Crippen LogP contribution in [0.3, 0.4) is 0 Å². The average molecular weight is 673 g/mol. The summed E-state index contributed by atoms with van der Waals surface area (Å²) in [4.78, 5) is 3.74. The number of benzene rings is 1. The molecule has 0 saturated heterocycles. The molecule has 2 aromatic heterocycles. The van der Waals surface area contributed by atoms with Crippen molar-refractivity contribution in [2.45, 2.75) is 122 Å². The monoisotopic (exact) mass is 672 g/mol. The standard InChI is InChI=1S/C41H56N2O6/c1-3-4-8-36-28(24-44)20-29(49-36)12-10-27-11-13-34(46)37(19-27)48-25-35(47)33-21-30-32(23-42-22-26(2)45)41-17-7-9-38(41)40(15-5-6-16-40)31(14-18-41)39(30)43-33/h11,13-14,18-21,26,31-32,35,38,42-47H,3-10,12,15-17,22-25H2,1-2H3/t26-,31-,32+,35-,38+,41+/m0/s1. The summed E-state index contributed by atoms with van der Waals surface area (Å²) < 4.78 is 12.2. The lowest BCUT2D eigenvalue weighted by molar-refractivity contribution is 0.0440. The highest BCUT2D eigenvalue weighted by molar-refractivity contribution is 5.47. The van der Waals surface area contributed by atoms with E-state index in [1.807, 2.05) is 25.1 Å². The van der Waals surface area contributed by atoms with E-state index in [0.717, 1.165) is 54.1 Å². The fourth-order valence-corrected chi connectivity index (χ4v) is 10.3. The van der Waals surface area contributed by atoms with Crippen LogP contribution < -0.4 is 10.1 Å². The van der Waals surface area contributed by atoms with Gasteiger partial charge in [0, 0.05) is 54.7 Å². The van der Waals surface area contributed by atoms with Crippen molar-refractivity contribution in [1.82, 2.24) is 10.3 Å². The number of aromatic nitrogens is 1. The largest absolute Gasteiger partial charge is 0.504 e. The van der Waals surface area contributed by atoms with E-state index in [2.05, 4.69) is 35.4 Å². The molecule has 8 rings (SSSR count). The van der Waals surface area contributed by atoms with Crippen LogP contribution in [0.5, 0.6) is 11.5 Å². The van der Waals surface area contributed by atoms with Crippen LogP contribution in [0.4, 0.5) is 0 Å². The van der Waals surface area contributed by atoms with Gasteiger partial charge in [-0.1, -0.05) is 50.8 Å². The van der Waals surface area contributed by atoms with E-state index >= 15 is 0 Å². The average Bonchev–Trinajstić information content (AvgIpc) is 3.90. The molecule has 6 N–H and O–H groups in total. The van der Waals surface area contributed by atoms with E-state index in [4.69, 9.17) is 9.15 Å². The third-order valence-corrected chi connectivity index (χ3v) is 12.5. The molecule has 49 heavy (non-hydrogen) atoms. The van der Waals surface area contributed by atoms with Crippen molar-refractivity contribution in [2.75, 3.05) is 19.7 Å². The number of aryl methyl sites for hydroxylation is 3. The second-order valence-electron chi connectivity index (χ2n) is 15.5. The molecule has 3 aromatic rings. The van der Waals surface area contributed by atoms with Gasteiger partial charge in [-0.2, -0.15) is 0 Å².